The third-order valence-corrected chi connectivity index (χ3v) is 3.72. The third kappa shape index (κ3) is 2.53. The molecule has 0 aliphatic heterocycles. The minimum Gasteiger partial charge on any atom is -0.356 e. The summed E-state index contributed by atoms with van der Waals surface area (Å²) in [5.41, 5.74) is 1.94. The van der Waals surface area contributed by atoms with Gasteiger partial charge < -0.3 is 9.84 Å². The lowest BCUT2D eigenvalue weighted by Crippen LogP contribution is -2.15. The topological polar surface area (TPSA) is 38.1 Å². The van der Waals surface area contributed by atoms with Gasteiger partial charge in [-0.05, 0) is 31.0 Å². The van der Waals surface area contributed by atoms with Crippen LogP contribution in [0.15, 0.2) is 28.9 Å². The zero-order valence-electron chi connectivity index (χ0n) is 9.62. The minimum atomic E-state index is 0.520. The Morgan fingerprint density at radius 3 is 2.83 bits per heavy atom. The second-order valence-electron chi connectivity index (χ2n) is 4.46. The number of aromatic nitrogens is 1. The number of nitrogens with zero attached hydrogens (tertiary/aromatic N) is 1. The summed E-state index contributed by atoms with van der Waals surface area (Å²) in [6.07, 6.45) is 4.26. The molecule has 0 radical (unpaired) electrons. The predicted octanol–water partition coefficient (Wildman–Crippen LogP) is 3.90. The van der Waals surface area contributed by atoms with Crippen molar-refractivity contribution in [2.45, 2.75) is 25.4 Å². The lowest BCUT2D eigenvalue weighted by Gasteiger charge is -2.04. The first-order valence-electron chi connectivity index (χ1n) is 5.86. The van der Waals surface area contributed by atoms with E-state index in [1.807, 2.05) is 6.07 Å². The molecule has 1 aliphatic carbocycles. The molecule has 0 amide bonds. The highest BCUT2D eigenvalue weighted by molar-refractivity contribution is 6.42. The summed E-state index contributed by atoms with van der Waals surface area (Å²) in [5.74, 6) is 0.752. The van der Waals surface area contributed by atoms with Gasteiger partial charge in [0.2, 0.25) is 0 Å². The first-order chi connectivity index (χ1) is 8.74. The summed E-state index contributed by atoms with van der Waals surface area (Å²) in [6, 6.07) is 6.10. The maximum atomic E-state index is 6.01. The number of halogens is 2. The van der Waals surface area contributed by atoms with E-state index in [-0.39, 0.29) is 0 Å². The fourth-order valence-electron chi connectivity index (χ4n) is 1.80. The summed E-state index contributed by atoms with van der Waals surface area (Å²) >= 11 is 11.9. The van der Waals surface area contributed by atoms with E-state index >= 15 is 0 Å². The van der Waals surface area contributed by atoms with Crippen molar-refractivity contribution >= 4 is 23.2 Å². The molecule has 0 unspecified atom stereocenters. The molecule has 1 aromatic carbocycles. The Balaban J connectivity index is 1.85. The molecule has 1 heterocycles. The Kier molecular flexibility index (Phi) is 3.29. The van der Waals surface area contributed by atoms with Gasteiger partial charge in [-0.15, -0.1) is 0 Å². The van der Waals surface area contributed by atoms with E-state index in [4.69, 9.17) is 27.7 Å². The second kappa shape index (κ2) is 4.92. The van der Waals surface area contributed by atoms with Gasteiger partial charge in [0.05, 0.1) is 16.2 Å². The summed E-state index contributed by atoms with van der Waals surface area (Å²) < 4.78 is 5.31. The van der Waals surface area contributed by atoms with Crippen molar-refractivity contribution in [1.82, 2.24) is 10.5 Å². The first kappa shape index (κ1) is 12.0. The molecule has 3 rings (SSSR count). The molecule has 1 saturated carbocycles. The molecular formula is C13H12Cl2N2O. The van der Waals surface area contributed by atoms with Gasteiger partial charge in [0.1, 0.15) is 0 Å². The van der Waals surface area contributed by atoms with Gasteiger partial charge in [-0.2, -0.15) is 0 Å². The standard InChI is InChI=1S/C13H12Cl2N2O/c14-11-4-1-8(5-12(11)15)13-9(7-17-18-13)6-16-10-2-3-10/h1,4-5,7,10,16H,2-3,6H2. The van der Waals surface area contributed by atoms with Crippen LogP contribution in [0.1, 0.15) is 18.4 Å². The quantitative estimate of drug-likeness (QED) is 0.924. The molecule has 3 nitrogen and oxygen atoms in total. The Morgan fingerprint density at radius 2 is 2.11 bits per heavy atom. The molecule has 5 heteroatoms. The molecule has 0 spiro atoms. The molecule has 0 saturated heterocycles. The van der Waals surface area contributed by atoms with E-state index in [0.717, 1.165) is 23.4 Å². The molecule has 0 bridgehead atoms. The highest BCUT2D eigenvalue weighted by atomic mass is 35.5. The number of benzene rings is 1. The van der Waals surface area contributed by atoms with Gasteiger partial charge >= 0.3 is 0 Å². The van der Waals surface area contributed by atoms with Gasteiger partial charge in [-0.3, -0.25) is 0 Å². The monoisotopic (exact) mass is 282 g/mol. The largest absolute Gasteiger partial charge is 0.356 e. The van der Waals surface area contributed by atoms with Crippen LogP contribution >= 0.6 is 23.2 Å². The van der Waals surface area contributed by atoms with Crippen LogP contribution in [-0.4, -0.2) is 11.2 Å². The molecule has 0 atom stereocenters. The number of hydrogen-bond acceptors (Lipinski definition) is 3. The average Bonchev–Trinajstić information content (AvgIpc) is 3.08. The summed E-state index contributed by atoms with van der Waals surface area (Å²) in [6.45, 7) is 0.768. The van der Waals surface area contributed by atoms with Crippen LogP contribution in [0, 0.1) is 0 Å². The minimum absolute atomic E-state index is 0.520. The van der Waals surface area contributed by atoms with Crippen molar-refractivity contribution in [3.63, 3.8) is 0 Å². The van der Waals surface area contributed by atoms with E-state index in [9.17, 15) is 0 Å². The Hall–Kier alpha value is -1.03. The highest BCUT2D eigenvalue weighted by Gasteiger charge is 2.21. The fourth-order valence-corrected chi connectivity index (χ4v) is 2.10. The van der Waals surface area contributed by atoms with Crippen molar-refractivity contribution < 1.29 is 4.52 Å². The first-order valence-corrected chi connectivity index (χ1v) is 6.62. The predicted molar refractivity (Wildman–Crippen MR) is 71.8 cm³/mol. The molecule has 1 aromatic heterocycles. The lowest BCUT2D eigenvalue weighted by molar-refractivity contribution is 0.431. The normalized spacial score (nSPS) is 15.0. The highest BCUT2D eigenvalue weighted by Crippen LogP contribution is 2.30. The Bertz CT molecular complexity index is 564. The van der Waals surface area contributed by atoms with E-state index in [2.05, 4.69) is 10.5 Å². The Morgan fingerprint density at radius 1 is 1.28 bits per heavy atom. The summed E-state index contributed by atoms with van der Waals surface area (Å²) in [5, 5.41) is 8.35. The molecular weight excluding hydrogens is 271 g/mol. The van der Waals surface area contributed by atoms with Crippen molar-refractivity contribution in [2.24, 2.45) is 0 Å². The van der Waals surface area contributed by atoms with Crippen molar-refractivity contribution in [3.05, 3.63) is 40.0 Å². The lowest BCUT2D eigenvalue weighted by atomic mass is 10.1. The number of nitrogens with one attached hydrogen (secondary N) is 1. The van der Waals surface area contributed by atoms with Crippen LogP contribution < -0.4 is 5.32 Å². The SMILES string of the molecule is Clc1ccc(-c2oncc2CNC2CC2)cc1Cl. The van der Waals surface area contributed by atoms with Crippen LogP contribution in [0.25, 0.3) is 11.3 Å². The van der Waals surface area contributed by atoms with Crippen LogP contribution in [0.3, 0.4) is 0 Å². The van der Waals surface area contributed by atoms with Crippen molar-refractivity contribution in [3.8, 4) is 11.3 Å². The Labute approximate surface area is 115 Å². The van der Waals surface area contributed by atoms with Crippen LogP contribution in [0.4, 0.5) is 0 Å². The maximum Gasteiger partial charge on any atom is 0.171 e. The van der Waals surface area contributed by atoms with Crippen molar-refractivity contribution in [2.75, 3.05) is 0 Å². The van der Waals surface area contributed by atoms with Gasteiger partial charge in [0.15, 0.2) is 5.76 Å². The van der Waals surface area contributed by atoms with E-state index in [1.165, 1.54) is 12.8 Å². The van der Waals surface area contributed by atoms with E-state index in [1.54, 1.807) is 18.3 Å². The van der Waals surface area contributed by atoms with Crippen LogP contribution in [0.5, 0.6) is 0 Å². The van der Waals surface area contributed by atoms with Crippen molar-refractivity contribution in [1.29, 1.82) is 0 Å². The zero-order valence-corrected chi connectivity index (χ0v) is 11.1. The molecule has 1 aliphatic rings. The zero-order chi connectivity index (χ0) is 12.5. The summed E-state index contributed by atoms with van der Waals surface area (Å²) in [7, 11) is 0. The fraction of sp³-hybridized carbons (Fsp3) is 0.308. The summed E-state index contributed by atoms with van der Waals surface area (Å²) in [4.78, 5) is 0. The molecule has 1 N–H and O–H groups in total. The number of rotatable bonds is 4. The van der Waals surface area contributed by atoms with Gasteiger partial charge in [-0.25, -0.2) is 0 Å². The molecule has 18 heavy (non-hydrogen) atoms. The van der Waals surface area contributed by atoms with E-state index in [0.29, 0.717) is 16.1 Å². The average molecular weight is 283 g/mol. The molecule has 1 fully saturated rings. The van der Waals surface area contributed by atoms with E-state index < -0.39 is 0 Å². The second-order valence-corrected chi connectivity index (χ2v) is 5.28. The molecule has 2 aromatic rings. The van der Waals surface area contributed by atoms with Crippen LogP contribution in [-0.2, 0) is 6.54 Å². The van der Waals surface area contributed by atoms with Gasteiger partial charge in [-0.1, -0.05) is 28.4 Å². The van der Waals surface area contributed by atoms with Gasteiger partial charge in [0.25, 0.3) is 0 Å². The van der Waals surface area contributed by atoms with Gasteiger partial charge in [0, 0.05) is 23.7 Å². The number of hydrogen-bond donors (Lipinski definition) is 1. The maximum absolute atomic E-state index is 6.01. The smallest absolute Gasteiger partial charge is 0.171 e. The van der Waals surface area contributed by atoms with Crippen LogP contribution in [0.2, 0.25) is 10.0 Å². The molecule has 94 valence electrons. The third-order valence-electron chi connectivity index (χ3n) is 2.98.